The minimum atomic E-state index is -1.12. The van der Waals surface area contributed by atoms with Crippen molar-refractivity contribution in [3.05, 3.63) is 29.1 Å². The van der Waals surface area contributed by atoms with E-state index in [1.54, 1.807) is 31.4 Å². The molecule has 2 N–H and O–H groups in total. The van der Waals surface area contributed by atoms with Crippen LogP contribution in [0.3, 0.4) is 0 Å². The Balaban J connectivity index is 2.49. The number of nitrogens with zero attached hydrogens (tertiary/aromatic N) is 1. The van der Waals surface area contributed by atoms with E-state index in [1.165, 1.54) is 6.92 Å². The van der Waals surface area contributed by atoms with Crippen LogP contribution in [0.4, 0.5) is 5.69 Å². The van der Waals surface area contributed by atoms with Gasteiger partial charge in [0, 0.05) is 12.5 Å². The molecule has 0 aliphatic rings. The van der Waals surface area contributed by atoms with Crippen LogP contribution in [-0.2, 0) is 4.79 Å². The molecule has 0 saturated carbocycles. The monoisotopic (exact) mass is 292 g/mol. The van der Waals surface area contributed by atoms with Gasteiger partial charge in [0.05, 0.1) is 12.8 Å². The van der Waals surface area contributed by atoms with Gasteiger partial charge in [-0.15, -0.1) is 0 Å². The Morgan fingerprint density at radius 3 is 2.45 bits per heavy atom. The van der Waals surface area contributed by atoms with Crippen molar-refractivity contribution in [2.75, 3.05) is 12.4 Å². The van der Waals surface area contributed by atoms with Crippen LogP contribution in [0.5, 0.6) is 5.75 Å². The van der Waals surface area contributed by atoms with Crippen molar-refractivity contribution in [2.24, 2.45) is 0 Å². The van der Waals surface area contributed by atoms with Gasteiger partial charge < -0.3 is 15.2 Å². The van der Waals surface area contributed by atoms with Crippen molar-refractivity contribution >= 4 is 29.1 Å². The molecule has 1 heterocycles. The molecule has 2 aromatic rings. The van der Waals surface area contributed by atoms with Crippen molar-refractivity contribution < 1.29 is 19.4 Å². The number of aromatic nitrogens is 1. The summed E-state index contributed by atoms with van der Waals surface area (Å²) in [7, 11) is 1.56. The second-order valence-corrected chi connectivity index (χ2v) is 4.72. The Bertz CT molecular complexity index is 649. The Kier molecular flexibility index (Phi) is 3.99. The molecular weight excluding hydrogens is 280 g/mol. The fourth-order valence-electron chi connectivity index (χ4n) is 1.67. The molecule has 1 amide bonds. The third-order valence-corrected chi connectivity index (χ3v) is 3.39. The molecule has 1 aromatic carbocycles. The van der Waals surface area contributed by atoms with Crippen molar-refractivity contribution in [3.63, 3.8) is 0 Å². The molecule has 20 heavy (non-hydrogen) atoms. The maximum Gasteiger partial charge on any atom is 0.349 e. The molecule has 0 fully saturated rings. The molecule has 104 valence electrons. The number of hydrogen-bond donors (Lipinski definition) is 2. The minimum absolute atomic E-state index is 0.00557. The predicted octanol–water partition coefficient (Wildman–Crippen LogP) is 2.48. The third kappa shape index (κ3) is 2.77. The van der Waals surface area contributed by atoms with E-state index in [0.717, 1.165) is 11.5 Å². The van der Waals surface area contributed by atoms with Gasteiger partial charge in [0.2, 0.25) is 5.91 Å². The van der Waals surface area contributed by atoms with E-state index in [0.29, 0.717) is 17.0 Å². The minimum Gasteiger partial charge on any atom is -0.497 e. The van der Waals surface area contributed by atoms with Crippen molar-refractivity contribution in [1.29, 1.82) is 0 Å². The maximum absolute atomic E-state index is 11.2. The van der Waals surface area contributed by atoms with Crippen LogP contribution in [0.25, 0.3) is 11.3 Å². The first-order chi connectivity index (χ1) is 9.52. The molecule has 0 spiro atoms. The Labute approximate surface area is 119 Å². The summed E-state index contributed by atoms with van der Waals surface area (Å²) < 4.78 is 9.18. The van der Waals surface area contributed by atoms with E-state index in [2.05, 4.69) is 9.69 Å². The summed E-state index contributed by atoms with van der Waals surface area (Å²) >= 11 is 0.836. The topological polar surface area (TPSA) is 88.5 Å². The fraction of sp³-hybridized carbons (Fsp3) is 0.154. The molecule has 0 saturated heterocycles. The van der Waals surface area contributed by atoms with E-state index in [9.17, 15) is 9.59 Å². The SMILES string of the molecule is COc1ccc(-c2nsc(C(=O)O)c2NC(C)=O)cc1. The molecule has 0 aliphatic heterocycles. The quantitative estimate of drug-likeness (QED) is 0.903. The number of carbonyl (C=O) groups excluding carboxylic acids is 1. The largest absolute Gasteiger partial charge is 0.497 e. The lowest BCUT2D eigenvalue weighted by Crippen LogP contribution is -2.09. The van der Waals surface area contributed by atoms with Gasteiger partial charge in [0.25, 0.3) is 0 Å². The number of anilines is 1. The van der Waals surface area contributed by atoms with Crippen molar-refractivity contribution in [3.8, 4) is 17.0 Å². The average molecular weight is 292 g/mol. The zero-order chi connectivity index (χ0) is 14.7. The van der Waals surface area contributed by atoms with Gasteiger partial charge in [-0.05, 0) is 35.8 Å². The highest BCUT2D eigenvalue weighted by Crippen LogP contribution is 2.34. The third-order valence-electron chi connectivity index (χ3n) is 2.55. The lowest BCUT2D eigenvalue weighted by Gasteiger charge is -2.05. The number of ether oxygens (including phenoxy) is 1. The van der Waals surface area contributed by atoms with Gasteiger partial charge in [-0.2, -0.15) is 4.37 Å². The first-order valence-corrected chi connectivity index (χ1v) is 6.45. The van der Waals surface area contributed by atoms with Gasteiger partial charge >= 0.3 is 5.97 Å². The van der Waals surface area contributed by atoms with E-state index in [4.69, 9.17) is 9.84 Å². The van der Waals surface area contributed by atoms with Crippen LogP contribution in [0.1, 0.15) is 16.6 Å². The summed E-state index contributed by atoms with van der Waals surface area (Å²) in [5.74, 6) is -0.781. The molecule has 0 unspecified atom stereocenters. The number of methoxy groups -OCH3 is 1. The number of rotatable bonds is 4. The molecule has 0 bridgehead atoms. The standard InChI is InChI=1S/C13H12N2O4S/c1-7(16)14-11-10(15-20-12(11)13(17)18)8-3-5-9(19-2)6-4-8/h3-6H,1-2H3,(H,14,16)(H,17,18). The summed E-state index contributed by atoms with van der Waals surface area (Å²) in [5.41, 5.74) is 1.36. The summed E-state index contributed by atoms with van der Waals surface area (Å²) in [6.45, 7) is 1.32. The first kappa shape index (κ1) is 14.0. The molecule has 6 nitrogen and oxygen atoms in total. The van der Waals surface area contributed by atoms with E-state index in [1.807, 2.05) is 0 Å². The van der Waals surface area contributed by atoms with Gasteiger partial charge in [-0.1, -0.05) is 0 Å². The molecule has 7 heteroatoms. The Hall–Kier alpha value is -2.41. The summed E-state index contributed by atoms with van der Waals surface area (Å²) in [6.07, 6.45) is 0. The molecule has 2 rings (SSSR count). The fourth-order valence-corrected chi connectivity index (χ4v) is 2.37. The van der Waals surface area contributed by atoms with Gasteiger partial charge in [0.1, 0.15) is 11.4 Å². The van der Waals surface area contributed by atoms with Gasteiger partial charge in [-0.3, -0.25) is 4.79 Å². The number of carboxylic acid groups (broad SMARTS) is 1. The number of nitrogens with one attached hydrogen (secondary N) is 1. The predicted molar refractivity (Wildman–Crippen MR) is 75.4 cm³/mol. The van der Waals surface area contributed by atoms with Crippen LogP contribution in [0.15, 0.2) is 24.3 Å². The van der Waals surface area contributed by atoms with E-state index in [-0.39, 0.29) is 16.5 Å². The number of carbonyl (C=O) groups is 2. The highest BCUT2D eigenvalue weighted by atomic mass is 32.1. The number of hydrogen-bond acceptors (Lipinski definition) is 5. The van der Waals surface area contributed by atoms with E-state index >= 15 is 0 Å². The van der Waals surface area contributed by atoms with Crippen LogP contribution in [-0.4, -0.2) is 28.5 Å². The van der Waals surface area contributed by atoms with Crippen LogP contribution in [0.2, 0.25) is 0 Å². The van der Waals surface area contributed by atoms with Crippen LogP contribution >= 0.6 is 11.5 Å². The summed E-state index contributed by atoms with van der Waals surface area (Å²) in [4.78, 5) is 22.4. The zero-order valence-electron chi connectivity index (χ0n) is 10.8. The summed E-state index contributed by atoms with van der Waals surface area (Å²) in [6, 6.07) is 7.00. The first-order valence-electron chi connectivity index (χ1n) is 5.68. The Morgan fingerprint density at radius 1 is 1.30 bits per heavy atom. The second kappa shape index (κ2) is 5.70. The number of benzene rings is 1. The maximum atomic E-state index is 11.2. The van der Waals surface area contributed by atoms with Crippen LogP contribution in [0, 0.1) is 0 Å². The molecule has 0 aliphatic carbocycles. The Morgan fingerprint density at radius 2 is 1.95 bits per heavy atom. The van der Waals surface area contributed by atoms with Crippen LogP contribution < -0.4 is 10.1 Å². The molecule has 1 aromatic heterocycles. The number of amides is 1. The zero-order valence-corrected chi connectivity index (χ0v) is 11.7. The van der Waals surface area contributed by atoms with Gasteiger partial charge in [-0.25, -0.2) is 4.79 Å². The molecule has 0 radical (unpaired) electrons. The summed E-state index contributed by atoms with van der Waals surface area (Å²) in [5, 5.41) is 11.6. The smallest absolute Gasteiger partial charge is 0.349 e. The highest BCUT2D eigenvalue weighted by Gasteiger charge is 2.21. The lowest BCUT2D eigenvalue weighted by molar-refractivity contribution is -0.114. The van der Waals surface area contributed by atoms with E-state index < -0.39 is 5.97 Å². The van der Waals surface area contributed by atoms with Gasteiger partial charge in [0.15, 0.2) is 4.88 Å². The highest BCUT2D eigenvalue weighted by molar-refractivity contribution is 7.09. The average Bonchev–Trinajstić information content (AvgIpc) is 2.82. The van der Waals surface area contributed by atoms with Crippen molar-refractivity contribution in [1.82, 2.24) is 4.37 Å². The number of carboxylic acids is 1. The number of aromatic carboxylic acids is 1. The van der Waals surface area contributed by atoms with Crippen molar-refractivity contribution in [2.45, 2.75) is 6.92 Å². The molecular formula is C13H12N2O4S. The molecule has 0 atom stereocenters. The second-order valence-electron chi connectivity index (χ2n) is 3.95. The lowest BCUT2D eigenvalue weighted by atomic mass is 10.1. The normalized spacial score (nSPS) is 10.1.